The molecule has 2 unspecified atom stereocenters. The van der Waals surface area contributed by atoms with E-state index in [-0.39, 0.29) is 5.54 Å². The molecule has 1 fully saturated rings. The van der Waals surface area contributed by atoms with Gasteiger partial charge in [-0.2, -0.15) is 0 Å². The minimum atomic E-state index is -0.00868. The molecule has 0 saturated heterocycles. The normalized spacial score (nSPS) is 40.8. The van der Waals surface area contributed by atoms with Crippen molar-refractivity contribution in [3.63, 3.8) is 0 Å². The van der Waals surface area contributed by atoms with E-state index in [1.54, 1.807) is 0 Å². The third kappa shape index (κ3) is 1.72. The summed E-state index contributed by atoms with van der Waals surface area (Å²) in [4.78, 5) is 4.50. The molecule has 0 aromatic carbocycles. The molecular weight excluding hydrogens is 176 g/mol. The van der Waals surface area contributed by atoms with E-state index in [9.17, 15) is 0 Å². The van der Waals surface area contributed by atoms with Crippen LogP contribution in [0.5, 0.6) is 0 Å². The molecule has 2 rings (SSSR count). The lowest BCUT2D eigenvalue weighted by atomic mass is 9.65. The lowest BCUT2D eigenvalue weighted by molar-refractivity contribution is 0.0875. The van der Waals surface area contributed by atoms with Crippen LogP contribution in [0.2, 0.25) is 0 Å². The van der Waals surface area contributed by atoms with Crippen molar-refractivity contribution < 1.29 is 4.74 Å². The van der Waals surface area contributed by atoms with Crippen LogP contribution in [0.4, 0.5) is 0 Å². The van der Waals surface area contributed by atoms with Crippen LogP contribution >= 0.6 is 0 Å². The lowest BCUT2D eigenvalue weighted by Crippen LogP contribution is -2.41. The summed E-state index contributed by atoms with van der Waals surface area (Å²) in [7, 11) is 0. The standard InChI is InChI=1S/C11H20N2O/c1-8-4-10(2,3)6-11(5-8)7-14-9(12)13-11/h8H,4-7H2,1-3H3,(H2,12,13). The molecule has 0 aromatic rings. The molecule has 14 heavy (non-hydrogen) atoms. The van der Waals surface area contributed by atoms with Crippen molar-refractivity contribution >= 4 is 6.02 Å². The Balaban J connectivity index is 2.21. The molecule has 2 atom stereocenters. The van der Waals surface area contributed by atoms with Gasteiger partial charge in [0.2, 0.25) is 0 Å². The van der Waals surface area contributed by atoms with Gasteiger partial charge in [-0.3, -0.25) is 0 Å². The second-order valence-corrected chi connectivity index (χ2v) is 5.82. The van der Waals surface area contributed by atoms with Gasteiger partial charge in [0.15, 0.2) is 0 Å². The first kappa shape index (κ1) is 9.81. The number of aliphatic imine (C=N–C) groups is 1. The Hall–Kier alpha value is -0.730. The van der Waals surface area contributed by atoms with E-state index < -0.39 is 0 Å². The van der Waals surface area contributed by atoms with Gasteiger partial charge < -0.3 is 10.5 Å². The van der Waals surface area contributed by atoms with Crippen molar-refractivity contribution in [3.8, 4) is 0 Å². The second-order valence-electron chi connectivity index (χ2n) is 5.82. The highest BCUT2D eigenvalue weighted by Gasteiger charge is 2.46. The fraction of sp³-hybridized carbons (Fsp3) is 0.909. The molecule has 2 N–H and O–H groups in total. The summed E-state index contributed by atoms with van der Waals surface area (Å²) >= 11 is 0. The molecule has 0 radical (unpaired) electrons. The maximum absolute atomic E-state index is 5.60. The van der Waals surface area contributed by atoms with Crippen LogP contribution in [0, 0.1) is 11.3 Å². The maximum Gasteiger partial charge on any atom is 0.282 e. The average Bonchev–Trinajstić information content (AvgIpc) is 2.26. The van der Waals surface area contributed by atoms with Crippen molar-refractivity contribution in [1.29, 1.82) is 0 Å². The number of ether oxygens (including phenoxy) is 1. The fourth-order valence-electron chi connectivity index (χ4n) is 3.40. The molecule has 3 heteroatoms. The topological polar surface area (TPSA) is 47.6 Å². The van der Waals surface area contributed by atoms with Gasteiger partial charge in [0.05, 0.1) is 0 Å². The summed E-state index contributed by atoms with van der Waals surface area (Å²) < 4.78 is 5.32. The number of hydrogen-bond acceptors (Lipinski definition) is 3. The molecule has 1 heterocycles. The van der Waals surface area contributed by atoms with Crippen LogP contribution in [-0.2, 0) is 4.74 Å². The van der Waals surface area contributed by atoms with Crippen molar-refractivity contribution in [3.05, 3.63) is 0 Å². The van der Waals surface area contributed by atoms with Crippen molar-refractivity contribution in [2.45, 2.75) is 45.6 Å². The Morgan fingerprint density at radius 2 is 2.14 bits per heavy atom. The van der Waals surface area contributed by atoms with Gasteiger partial charge >= 0.3 is 0 Å². The second kappa shape index (κ2) is 2.88. The fourth-order valence-corrected chi connectivity index (χ4v) is 3.40. The highest BCUT2D eigenvalue weighted by atomic mass is 16.5. The minimum absolute atomic E-state index is 0.00868. The first-order valence-corrected chi connectivity index (χ1v) is 5.39. The predicted octanol–water partition coefficient (Wildman–Crippen LogP) is 1.92. The van der Waals surface area contributed by atoms with Crippen LogP contribution in [0.25, 0.3) is 0 Å². The SMILES string of the molecule is CC1CC(C)(C)CC2(COC(N)=N2)C1. The Bertz CT molecular complexity index is 272. The molecule has 0 amide bonds. The highest BCUT2D eigenvalue weighted by molar-refractivity contribution is 5.73. The smallest absolute Gasteiger partial charge is 0.282 e. The van der Waals surface area contributed by atoms with E-state index in [0.717, 1.165) is 18.8 Å². The predicted molar refractivity (Wildman–Crippen MR) is 57.1 cm³/mol. The van der Waals surface area contributed by atoms with Gasteiger partial charge in [0.1, 0.15) is 12.1 Å². The number of nitrogens with two attached hydrogens (primary N) is 1. The molecular formula is C11H20N2O. The maximum atomic E-state index is 5.60. The van der Waals surface area contributed by atoms with E-state index in [4.69, 9.17) is 10.5 Å². The van der Waals surface area contributed by atoms with E-state index >= 15 is 0 Å². The van der Waals surface area contributed by atoms with Crippen LogP contribution in [0.15, 0.2) is 4.99 Å². The van der Waals surface area contributed by atoms with E-state index in [0.29, 0.717) is 18.0 Å². The Morgan fingerprint density at radius 1 is 1.43 bits per heavy atom. The molecule has 2 aliphatic rings. The van der Waals surface area contributed by atoms with Gasteiger partial charge in [0, 0.05) is 0 Å². The van der Waals surface area contributed by atoms with Gasteiger partial charge in [-0.05, 0) is 30.6 Å². The van der Waals surface area contributed by atoms with Crippen molar-refractivity contribution in [2.24, 2.45) is 22.1 Å². The zero-order valence-corrected chi connectivity index (χ0v) is 9.34. The number of rotatable bonds is 0. The van der Waals surface area contributed by atoms with Gasteiger partial charge in [-0.25, -0.2) is 4.99 Å². The largest absolute Gasteiger partial charge is 0.463 e. The molecule has 3 nitrogen and oxygen atoms in total. The highest BCUT2D eigenvalue weighted by Crippen LogP contribution is 2.47. The third-order valence-corrected chi connectivity index (χ3v) is 3.27. The first-order valence-electron chi connectivity index (χ1n) is 5.39. The molecule has 80 valence electrons. The zero-order valence-electron chi connectivity index (χ0n) is 9.34. The first-order chi connectivity index (χ1) is 6.41. The van der Waals surface area contributed by atoms with Crippen LogP contribution in [0.1, 0.15) is 40.0 Å². The number of hydrogen-bond donors (Lipinski definition) is 1. The Labute approximate surface area is 85.7 Å². The van der Waals surface area contributed by atoms with Gasteiger partial charge in [-0.15, -0.1) is 0 Å². The summed E-state index contributed by atoms with van der Waals surface area (Å²) in [5.74, 6) is 0.719. The lowest BCUT2D eigenvalue weighted by Gasteiger charge is -2.42. The molecule has 1 aliphatic carbocycles. The summed E-state index contributed by atoms with van der Waals surface area (Å²) in [5, 5.41) is 0. The number of amidine groups is 1. The molecule has 0 aromatic heterocycles. The average molecular weight is 196 g/mol. The van der Waals surface area contributed by atoms with Gasteiger partial charge in [-0.1, -0.05) is 20.8 Å². The zero-order chi connectivity index (χ0) is 10.4. The van der Waals surface area contributed by atoms with Crippen molar-refractivity contribution in [1.82, 2.24) is 0 Å². The van der Waals surface area contributed by atoms with E-state index in [1.807, 2.05) is 0 Å². The minimum Gasteiger partial charge on any atom is -0.463 e. The Morgan fingerprint density at radius 3 is 2.64 bits per heavy atom. The number of nitrogens with zero attached hydrogens (tertiary/aromatic N) is 1. The van der Waals surface area contributed by atoms with Crippen LogP contribution in [-0.4, -0.2) is 18.2 Å². The summed E-state index contributed by atoms with van der Waals surface area (Å²) in [6.07, 6.45) is 3.51. The molecule has 1 aliphatic heterocycles. The monoisotopic (exact) mass is 196 g/mol. The molecule has 0 bridgehead atoms. The Kier molecular flexibility index (Phi) is 2.02. The van der Waals surface area contributed by atoms with E-state index in [1.165, 1.54) is 6.42 Å². The van der Waals surface area contributed by atoms with Crippen LogP contribution in [0.3, 0.4) is 0 Å². The molecule has 1 spiro atoms. The summed E-state index contributed by atoms with van der Waals surface area (Å²) in [6, 6.07) is 0.384. The third-order valence-electron chi connectivity index (χ3n) is 3.27. The van der Waals surface area contributed by atoms with Crippen LogP contribution < -0.4 is 5.73 Å². The molecule has 1 saturated carbocycles. The summed E-state index contributed by atoms with van der Waals surface area (Å²) in [6.45, 7) is 7.61. The van der Waals surface area contributed by atoms with Gasteiger partial charge in [0.25, 0.3) is 6.02 Å². The quantitative estimate of drug-likeness (QED) is 0.643. The van der Waals surface area contributed by atoms with Crippen molar-refractivity contribution in [2.75, 3.05) is 6.61 Å². The van der Waals surface area contributed by atoms with E-state index in [2.05, 4.69) is 25.8 Å². The summed E-state index contributed by atoms with van der Waals surface area (Å²) in [5.41, 5.74) is 5.96.